The zero-order valence-electron chi connectivity index (χ0n) is 16.0. The third-order valence-corrected chi connectivity index (χ3v) is 4.70. The molecule has 0 aliphatic carbocycles. The largest absolute Gasteiger partial charge is 0.493 e. The van der Waals surface area contributed by atoms with Crippen LogP contribution in [-0.2, 0) is 13.0 Å². The summed E-state index contributed by atoms with van der Waals surface area (Å²) in [7, 11) is 2.99. The lowest BCUT2D eigenvalue weighted by Gasteiger charge is -2.13. The fourth-order valence-corrected chi connectivity index (χ4v) is 3.14. The number of benzene rings is 2. The maximum absolute atomic E-state index is 12.7. The Labute approximate surface area is 169 Å². The van der Waals surface area contributed by atoms with Gasteiger partial charge in [0, 0.05) is 11.6 Å². The number of anilines is 1. The van der Waals surface area contributed by atoms with Crippen molar-refractivity contribution in [3.63, 3.8) is 0 Å². The van der Waals surface area contributed by atoms with E-state index in [0.717, 1.165) is 12.0 Å². The number of hydrogen-bond acceptors (Lipinski definition) is 4. The van der Waals surface area contributed by atoms with Crippen LogP contribution in [0.25, 0.3) is 0 Å². The van der Waals surface area contributed by atoms with E-state index in [0.29, 0.717) is 34.4 Å². The van der Waals surface area contributed by atoms with Crippen molar-refractivity contribution in [3.8, 4) is 11.5 Å². The van der Waals surface area contributed by atoms with Gasteiger partial charge in [-0.15, -0.1) is 0 Å². The Kier molecular flexibility index (Phi) is 6.21. The average molecular weight is 400 g/mol. The van der Waals surface area contributed by atoms with Crippen LogP contribution in [0.2, 0.25) is 5.02 Å². The molecule has 1 aromatic heterocycles. The summed E-state index contributed by atoms with van der Waals surface area (Å²) in [6.07, 6.45) is 2.65. The first kappa shape index (κ1) is 19.8. The van der Waals surface area contributed by atoms with Crippen LogP contribution < -0.4 is 14.8 Å². The van der Waals surface area contributed by atoms with Gasteiger partial charge in [-0.05, 0) is 29.7 Å². The lowest BCUT2D eigenvalue weighted by molar-refractivity contribution is 0.102. The van der Waals surface area contributed by atoms with Gasteiger partial charge in [-0.2, -0.15) is 5.10 Å². The zero-order valence-corrected chi connectivity index (χ0v) is 16.8. The summed E-state index contributed by atoms with van der Waals surface area (Å²) in [5, 5.41) is 7.49. The Bertz CT molecular complexity index is 968. The highest BCUT2D eigenvalue weighted by Crippen LogP contribution is 2.36. The molecule has 0 unspecified atom stereocenters. The number of amides is 1. The monoisotopic (exact) mass is 399 g/mol. The smallest absolute Gasteiger partial charge is 0.257 e. The molecule has 0 aliphatic heterocycles. The summed E-state index contributed by atoms with van der Waals surface area (Å²) in [5.41, 5.74) is 2.75. The predicted octanol–water partition coefficient (Wildman–Crippen LogP) is 4.42. The number of carbonyl (C=O) groups excluding carboxylic acids is 1. The molecule has 0 saturated carbocycles. The van der Waals surface area contributed by atoms with E-state index in [-0.39, 0.29) is 5.91 Å². The molecule has 0 spiro atoms. The number of hydrogen-bond donors (Lipinski definition) is 1. The molecule has 28 heavy (non-hydrogen) atoms. The van der Waals surface area contributed by atoms with Crippen molar-refractivity contribution in [1.82, 2.24) is 9.78 Å². The van der Waals surface area contributed by atoms with Crippen LogP contribution in [0.4, 0.5) is 5.82 Å². The van der Waals surface area contributed by atoms with Crippen molar-refractivity contribution < 1.29 is 14.3 Å². The normalized spacial score (nSPS) is 10.6. The Hall–Kier alpha value is -2.99. The maximum atomic E-state index is 12.7. The lowest BCUT2D eigenvalue weighted by atomic mass is 10.1. The molecule has 2 aromatic carbocycles. The number of nitrogens with zero attached hydrogens (tertiary/aromatic N) is 2. The van der Waals surface area contributed by atoms with Crippen LogP contribution in [0.5, 0.6) is 11.5 Å². The minimum Gasteiger partial charge on any atom is -0.493 e. The first-order chi connectivity index (χ1) is 13.5. The minimum atomic E-state index is -0.314. The number of carbonyl (C=O) groups is 1. The molecule has 146 valence electrons. The van der Waals surface area contributed by atoms with Gasteiger partial charge in [0.1, 0.15) is 5.82 Å². The molecule has 0 saturated heterocycles. The van der Waals surface area contributed by atoms with E-state index in [2.05, 4.69) is 41.6 Å². The number of methoxy groups -OCH3 is 2. The topological polar surface area (TPSA) is 65.4 Å². The highest BCUT2D eigenvalue weighted by atomic mass is 35.5. The van der Waals surface area contributed by atoms with Gasteiger partial charge in [0.05, 0.1) is 32.0 Å². The van der Waals surface area contributed by atoms with Crippen LogP contribution in [0, 0.1) is 0 Å². The van der Waals surface area contributed by atoms with Crippen molar-refractivity contribution in [3.05, 3.63) is 70.4 Å². The summed E-state index contributed by atoms with van der Waals surface area (Å²) in [5.74, 6) is 1.06. The van der Waals surface area contributed by atoms with Crippen molar-refractivity contribution in [1.29, 1.82) is 0 Å². The van der Waals surface area contributed by atoms with Gasteiger partial charge < -0.3 is 14.8 Å². The zero-order chi connectivity index (χ0) is 20.1. The van der Waals surface area contributed by atoms with Gasteiger partial charge in [-0.3, -0.25) is 4.79 Å². The Morgan fingerprint density at radius 3 is 2.46 bits per heavy atom. The van der Waals surface area contributed by atoms with Crippen molar-refractivity contribution >= 4 is 23.3 Å². The molecular formula is C21H22ClN3O3. The molecule has 7 heteroatoms. The standard InChI is InChI=1S/C21H22ClN3O3/c1-4-14-5-7-15(8-6-14)13-25-19(9-10-23-25)24-21(26)16-11-17(22)20(28-3)18(12-16)27-2/h5-12H,4,13H2,1-3H3,(H,24,26). The molecule has 0 atom stereocenters. The number of aryl methyl sites for hydroxylation is 1. The van der Waals surface area contributed by atoms with Gasteiger partial charge >= 0.3 is 0 Å². The summed E-state index contributed by atoms with van der Waals surface area (Å²) < 4.78 is 12.2. The number of halogens is 1. The van der Waals surface area contributed by atoms with E-state index in [9.17, 15) is 4.79 Å². The summed E-state index contributed by atoms with van der Waals surface area (Å²) in [6, 6.07) is 13.2. The fraction of sp³-hybridized carbons (Fsp3) is 0.238. The highest BCUT2D eigenvalue weighted by molar-refractivity contribution is 6.32. The molecule has 1 amide bonds. The second kappa shape index (κ2) is 8.80. The van der Waals surface area contributed by atoms with Gasteiger partial charge in [-0.1, -0.05) is 42.8 Å². The Morgan fingerprint density at radius 2 is 1.82 bits per heavy atom. The van der Waals surface area contributed by atoms with Crippen LogP contribution in [-0.4, -0.2) is 29.9 Å². The molecule has 0 bridgehead atoms. The van der Waals surface area contributed by atoms with Crippen LogP contribution in [0.1, 0.15) is 28.4 Å². The SMILES string of the molecule is CCc1ccc(Cn2nccc2NC(=O)c2cc(Cl)c(OC)c(OC)c2)cc1. The van der Waals surface area contributed by atoms with Crippen LogP contribution in [0.3, 0.4) is 0 Å². The molecule has 1 N–H and O–H groups in total. The summed E-state index contributed by atoms with van der Waals surface area (Å²) >= 11 is 6.20. The summed E-state index contributed by atoms with van der Waals surface area (Å²) in [6.45, 7) is 2.68. The van der Waals surface area contributed by atoms with Gasteiger partial charge in [0.15, 0.2) is 11.5 Å². The fourth-order valence-electron chi connectivity index (χ4n) is 2.86. The highest BCUT2D eigenvalue weighted by Gasteiger charge is 2.16. The van der Waals surface area contributed by atoms with E-state index >= 15 is 0 Å². The third kappa shape index (κ3) is 4.28. The van der Waals surface area contributed by atoms with Gasteiger partial charge in [0.25, 0.3) is 5.91 Å². The van der Waals surface area contributed by atoms with Crippen molar-refractivity contribution in [2.24, 2.45) is 0 Å². The second-order valence-corrected chi connectivity index (χ2v) is 6.60. The van der Waals surface area contributed by atoms with Crippen LogP contribution in [0.15, 0.2) is 48.7 Å². The molecule has 3 aromatic rings. The Balaban J connectivity index is 1.78. The number of nitrogens with one attached hydrogen (secondary N) is 1. The van der Waals surface area contributed by atoms with Crippen LogP contribution >= 0.6 is 11.6 Å². The lowest BCUT2D eigenvalue weighted by Crippen LogP contribution is -2.16. The third-order valence-electron chi connectivity index (χ3n) is 4.42. The Morgan fingerprint density at radius 1 is 1.11 bits per heavy atom. The molecule has 0 radical (unpaired) electrons. The molecule has 3 rings (SSSR count). The van der Waals surface area contributed by atoms with Gasteiger partial charge in [-0.25, -0.2) is 4.68 Å². The van der Waals surface area contributed by atoms with Crippen molar-refractivity contribution in [2.45, 2.75) is 19.9 Å². The average Bonchev–Trinajstić information content (AvgIpc) is 3.14. The van der Waals surface area contributed by atoms with E-state index < -0.39 is 0 Å². The van der Waals surface area contributed by atoms with E-state index in [1.165, 1.54) is 19.8 Å². The number of aromatic nitrogens is 2. The number of ether oxygens (including phenoxy) is 2. The molecule has 6 nitrogen and oxygen atoms in total. The second-order valence-electron chi connectivity index (χ2n) is 6.19. The van der Waals surface area contributed by atoms with Gasteiger partial charge in [0.2, 0.25) is 0 Å². The van der Waals surface area contributed by atoms with E-state index in [4.69, 9.17) is 21.1 Å². The maximum Gasteiger partial charge on any atom is 0.257 e. The molecule has 0 fully saturated rings. The van der Waals surface area contributed by atoms with E-state index in [1.54, 1.807) is 29.1 Å². The van der Waals surface area contributed by atoms with Crippen molar-refractivity contribution in [2.75, 3.05) is 19.5 Å². The summed E-state index contributed by atoms with van der Waals surface area (Å²) in [4.78, 5) is 12.7. The molecular weight excluding hydrogens is 378 g/mol. The quantitative estimate of drug-likeness (QED) is 0.638. The predicted molar refractivity (Wildman–Crippen MR) is 110 cm³/mol. The molecule has 1 heterocycles. The van der Waals surface area contributed by atoms with E-state index in [1.807, 2.05) is 0 Å². The number of rotatable bonds is 7. The minimum absolute atomic E-state index is 0.302. The first-order valence-electron chi connectivity index (χ1n) is 8.88. The first-order valence-corrected chi connectivity index (χ1v) is 9.26. The molecule has 0 aliphatic rings.